The highest BCUT2D eigenvalue weighted by Gasteiger charge is 2.19. The van der Waals surface area contributed by atoms with Crippen LogP contribution in [0.5, 0.6) is 0 Å². The van der Waals surface area contributed by atoms with Gasteiger partial charge in [0.2, 0.25) is 0 Å². The Kier molecular flexibility index (Phi) is 4.15. The van der Waals surface area contributed by atoms with Gasteiger partial charge in [-0.1, -0.05) is 20.8 Å². The minimum atomic E-state index is 0.585. The van der Waals surface area contributed by atoms with Crippen LogP contribution in [0.4, 0.5) is 0 Å². The van der Waals surface area contributed by atoms with E-state index in [1.807, 2.05) is 0 Å². The zero-order valence-corrected chi connectivity index (χ0v) is 11.2. The van der Waals surface area contributed by atoms with Crippen molar-refractivity contribution in [2.75, 3.05) is 6.54 Å². The van der Waals surface area contributed by atoms with Crippen molar-refractivity contribution >= 4 is 0 Å². The standard InChI is InChI=1S/C13H24N4/c1-10(2)8-17-13(15-9-16-17)6-12-5-4-11(3)7-14-12/h9-12,14H,4-8H2,1-3H3. The summed E-state index contributed by atoms with van der Waals surface area (Å²) in [5, 5.41) is 7.92. The second kappa shape index (κ2) is 5.63. The molecule has 17 heavy (non-hydrogen) atoms. The van der Waals surface area contributed by atoms with Crippen molar-refractivity contribution < 1.29 is 0 Å². The lowest BCUT2D eigenvalue weighted by molar-refractivity contribution is 0.318. The highest BCUT2D eigenvalue weighted by atomic mass is 15.3. The molecule has 1 aromatic heterocycles. The van der Waals surface area contributed by atoms with Gasteiger partial charge in [-0.05, 0) is 31.2 Å². The van der Waals surface area contributed by atoms with Gasteiger partial charge in [0.05, 0.1) is 0 Å². The van der Waals surface area contributed by atoms with Crippen molar-refractivity contribution in [3.05, 3.63) is 12.2 Å². The molecule has 0 spiro atoms. The van der Waals surface area contributed by atoms with Gasteiger partial charge in [-0.15, -0.1) is 0 Å². The number of rotatable bonds is 4. The van der Waals surface area contributed by atoms with Gasteiger partial charge in [-0.3, -0.25) is 0 Å². The average Bonchev–Trinajstić information content (AvgIpc) is 2.68. The van der Waals surface area contributed by atoms with Crippen LogP contribution in [0.1, 0.15) is 39.4 Å². The lowest BCUT2D eigenvalue weighted by Crippen LogP contribution is -2.40. The van der Waals surface area contributed by atoms with Crippen LogP contribution in [0.15, 0.2) is 6.33 Å². The predicted molar refractivity (Wildman–Crippen MR) is 68.8 cm³/mol. The lowest BCUT2D eigenvalue weighted by Gasteiger charge is -2.27. The largest absolute Gasteiger partial charge is 0.313 e. The Morgan fingerprint density at radius 3 is 2.94 bits per heavy atom. The summed E-state index contributed by atoms with van der Waals surface area (Å²) in [7, 11) is 0. The minimum absolute atomic E-state index is 0.585. The van der Waals surface area contributed by atoms with Gasteiger partial charge in [0.15, 0.2) is 0 Å². The summed E-state index contributed by atoms with van der Waals surface area (Å²) in [6, 6.07) is 0.585. The first kappa shape index (κ1) is 12.6. The van der Waals surface area contributed by atoms with E-state index < -0.39 is 0 Å². The molecule has 1 fully saturated rings. The molecule has 0 bridgehead atoms. The zero-order valence-electron chi connectivity index (χ0n) is 11.2. The fraction of sp³-hybridized carbons (Fsp3) is 0.846. The molecule has 0 aliphatic carbocycles. The molecular weight excluding hydrogens is 212 g/mol. The normalized spacial score (nSPS) is 25.4. The highest BCUT2D eigenvalue weighted by molar-refractivity contribution is 4.91. The molecule has 2 heterocycles. The Hall–Kier alpha value is -0.900. The zero-order chi connectivity index (χ0) is 12.3. The average molecular weight is 236 g/mol. The SMILES string of the molecule is CC(C)Cn1ncnc1CC1CCC(C)CN1. The topological polar surface area (TPSA) is 42.7 Å². The van der Waals surface area contributed by atoms with Crippen LogP contribution in [0, 0.1) is 11.8 Å². The van der Waals surface area contributed by atoms with Crippen LogP contribution >= 0.6 is 0 Å². The molecule has 0 aromatic carbocycles. The van der Waals surface area contributed by atoms with Crippen molar-refractivity contribution in [3.8, 4) is 0 Å². The quantitative estimate of drug-likeness (QED) is 0.868. The van der Waals surface area contributed by atoms with Gasteiger partial charge in [0.1, 0.15) is 12.2 Å². The molecule has 2 unspecified atom stereocenters. The van der Waals surface area contributed by atoms with E-state index in [9.17, 15) is 0 Å². The minimum Gasteiger partial charge on any atom is -0.313 e. The molecule has 1 aliphatic rings. The first-order valence-corrected chi connectivity index (χ1v) is 6.75. The van der Waals surface area contributed by atoms with E-state index in [4.69, 9.17) is 0 Å². The van der Waals surface area contributed by atoms with Gasteiger partial charge >= 0.3 is 0 Å². The first-order chi connectivity index (χ1) is 8.15. The third-order valence-corrected chi connectivity index (χ3v) is 3.43. The van der Waals surface area contributed by atoms with Gasteiger partial charge in [-0.25, -0.2) is 9.67 Å². The number of hydrogen-bond donors (Lipinski definition) is 1. The Morgan fingerprint density at radius 2 is 2.29 bits per heavy atom. The molecule has 4 nitrogen and oxygen atoms in total. The fourth-order valence-electron chi connectivity index (χ4n) is 2.40. The van der Waals surface area contributed by atoms with E-state index in [-0.39, 0.29) is 0 Å². The van der Waals surface area contributed by atoms with Gasteiger partial charge in [-0.2, -0.15) is 5.10 Å². The first-order valence-electron chi connectivity index (χ1n) is 6.75. The van der Waals surface area contributed by atoms with Crippen molar-refractivity contribution in [2.45, 2.75) is 52.6 Å². The Morgan fingerprint density at radius 1 is 1.47 bits per heavy atom. The maximum Gasteiger partial charge on any atom is 0.138 e. The summed E-state index contributed by atoms with van der Waals surface area (Å²) in [4.78, 5) is 4.39. The Balaban J connectivity index is 1.92. The molecular formula is C13H24N4. The number of nitrogens with one attached hydrogen (secondary N) is 1. The molecule has 96 valence electrons. The van der Waals surface area contributed by atoms with E-state index in [0.717, 1.165) is 31.3 Å². The highest BCUT2D eigenvalue weighted by Crippen LogP contribution is 2.16. The predicted octanol–water partition coefficient (Wildman–Crippen LogP) is 1.86. The molecule has 4 heteroatoms. The number of piperidine rings is 1. The monoisotopic (exact) mass is 236 g/mol. The molecule has 0 saturated carbocycles. The molecule has 1 saturated heterocycles. The number of hydrogen-bond acceptors (Lipinski definition) is 3. The molecule has 0 amide bonds. The lowest BCUT2D eigenvalue weighted by atomic mass is 9.94. The summed E-state index contributed by atoms with van der Waals surface area (Å²) in [5.41, 5.74) is 0. The second-order valence-electron chi connectivity index (χ2n) is 5.74. The third kappa shape index (κ3) is 3.53. The second-order valence-corrected chi connectivity index (χ2v) is 5.74. The molecule has 2 rings (SSSR count). The van der Waals surface area contributed by atoms with E-state index >= 15 is 0 Å². The molecule has 1 aromatic rings. The van der Waals surface area contributed by atoms with E-state index in [2.05, 4.69) is 40.9 Å². The van der Waals surface area contributed by atoms with Gasteiger partial charge in [0.25, 0.3) is 0 Å². The summed E-state index contributed by atoms with van der Waals surface area (Å²) in [6.07, 6.45) is 5.29. The van der Waals surface area contributed by atoms with Crippen LogP contribution in [-0.4, -0.2) is 27.4 Å². The maximum absolute atomic E-state index is 4.39. The van der Waals surface area contributed by atoms with Crippen LogP contribution in [-0.2, 0) is 13.0 Å². The number of nitrogens with zero attached hydrogens (tertiary/aromatic N) is 3. The summed E-state index contributed by atoms with van der Waals surface area (Å²) < 4.78 is 2.06. The summed E-state index contributed by atoms with van der Waals surface area (Å²) in [6.45, 7) is 8.85. The van der Waals surface area contributed by atoms with Crippen LogP contribution in [0.25, 0.3) is 0 Å². The number of aromatic nitrogens is 3. The Labute approximate surface area is 104 Å². The van der Waals surface area contributed by atoms with Gasteiger partial charge in [0, 0.05) is 19.0 Å². The maximum atomic E-state index is 4.39. The van der Waals surface area contributed by atoms with Crippen LogP contribution in [0.2, 0.25) is 0 Å². The van der Waals surface area contributed by atoms with Crippen LogP contribution < -0.4 is 5.32 Å². The van der Waals surface area contributed by atoms with E-state index in [0.29, 0.717) is 12.0 Å². The van der Waals surface area contributed by atoms with Crippen LogP contribution in [0.3, 0.4) is 0 Å². The van der Waals surface area contributed by atoms with Crippen molar-refractivity contribution in [1.82, 2.24) is 20.1 Å². The van der Waals surface area contributed by atoms with Crippen molar-refractivity contribution in [2.24, 2.45) is 11.8 Å². The van der Waals surface area contributed by atoms with E-state index in [1.165, 1.54) is 12.8 Å². The van der Waals surface area contributed by atoms with Crippen molar-refractivity contribution in [3.63, 3.8) is 0 Å². The van der Waals surface area contributed by atoms with E-state index in [1.54, 1.807) is 6.33 Å². The molecule has 1 N–H and O–H groups in total. The molecule has 1 aliphatic heterocycles. The summed E-state index contributed by atoms with van der Waals surface area (Å²) >= 11 is 0. The Bertz CT molecular complexity index is 337. The smallest absolute Gasteiger partial charge is 0.138 e. The van der Waals surface area contributed by atoms with Gasteiger partial charge < -0.3 is 5.32 Å². The van der Waals surface area contributed by atoms with Crippen molar-refractivity contribution in [1.29, 1.82) is 0 Å². The third-order valence-electron chi connectivity index (χ3n) is 3.43. The molecule has 0 radical (unpaired) electrons. The fourth-order valence-corrected chi connectivity index (χ4v) is 2.40. The molecule has 2 atom stereocenters. The summed E-state index contributed by atoms with van der Waals surface area (Å²) in [5.74, 6) is 2.57.